The van der Waals surface area contributed by atoms with Crippen molar-refractivity contribution in [3.63, 3.8) is 0 Å². The number of hydrogen-bond acceptors (Lipinski definition) is 0. The van der Waals surface area contributed by atoms with Crippen molar-refractivity contribution in [2.75, 3.05) is 0 Å². The van der Waals surface area contributed by atoms with E-state index in [9.17, 15) is 0 Å². The predicted octanol–water partition coefficient (Wildman–Crippen LogP) is 3.10. The molecule has 0 bridgehead atoms. The molecule has 0 unspecified atom stereocenters. The van der Waals surface area contributed by atoms with E-state index in [0.717, 1.165) is 4.48 Å². The third-order valence-corrected chi connectivity index (χ3v) is 1.15. The Hall–Kier alpha value is 1.24. The first kappa shape index (κ1) is 8.24. The van der Waals surface area contributed by atoms with Gasteiger partial charge in [0.2, 0.25) is 0 Å². The van der Waals surface area contributed by atoms with E-state index >= 15 is 0 Å². The summed E-state index contributed by atoms with van der Waals surface area (Å²) in [5, 5.41) is 0. The molecular formula is C3H4BBr3. The first-order chi connectivity index (χ1) is 3.13. The highest BCUT2D eigenvalue weighted by atomic mass is 79.9. The molecule has 0 aromatic heterocycles. The van der Waals surface area contributed by atoms with E-state index in [1.54, 1.807) is 0 Å². The lowest BCUT2D eigenvalue weighted by atomic mass is 10.1. The lowest BCUT2D eigenvalue weighted by Crippen LogP contribution is -1.80. The van der Waals surface area contributed by atoms with Crippen molar-refractivity contribution in [3.05, 3.63) is 10.5 Å². The molecule has 0 aliphatic heterocycles. The molecule has 0 saturated heterocycles. The second-order valence-electron chi connectivity index (χ2n) is 1.09. The SMILES string of the molecule is CC(Br)=CB(Br)Br. The Kier molecular flexibility index (Phi) is 4.90. The van der Waals surface area contributed by atoms with Crippen LogP contribution in [0.15, 0.2) is 10.5 Å². The van der Waals surface area contributed by atoms with Crippen LogP contribution >= 0.6 is 47.4 Å². The lowest BCUT2D eigenvalue weighted by molar-refractivity contribution is 1.74. The molecule has 0 heterocycles. The molecule has 0 aliphatic carbocycles. The topological polar surface area (TPSA) is 0 Å². The highest BCUT2D eigenvalue weighted by molar-refractivity contribution is 9.49. The van der Waals surface area contributed by atoms with Crippen molar-refractivity contribution in [2.45, 2.75) is 6.92 Å². The predicted molar refractivity (Wildman–Crippen MR) is 46.3 cm³/mol. The second kappa shape index (κ2) is 4.16. The normalized spacial score (nSPS) is 11.7. The summed E-state index contributed by atoms with van der Waals surface area (Å²) in [5.74, 6) is 2.00. The van der Waals surface area contributed by atoms with Gasteiger partial charge in [-0.2, -0.15) is 0 Å². The van der Waals surface area contributed by atoms with Gasteiger partial charge in [0, 0.05) is 0 Å². The van der Waals surface area contributed by atoms with Gasteiger partial charge in [0.25, 0.3) is 0 Å². The maximum atomic E-state index is 3.29. The fourth-order valence-electron chi connectivity index (χ4n) is 0.174. The van der Waals surface area contributed by atoms with E-state index in [0.29, 0.717) is 4.36 Å². The van der Waals surface area contributed by atoms with Crippen LogP contribution in [0.5, 0.6) is 0 Å². The summed E-state index contributed by atoms with van der Waals surface area (Å²) in [6, 6.07) is 0. The van der Waals surface area contributed by atoms with E-state index in [1.165, 1.54) is 0 Å². The number of hydrogen-bond donors (Lipinski definition) is 0. The minimum atomic E-state index is 0.291. The Morgan fingerprint density at radius 2 is 2.00 bits per heavy atom. The first-order valence-corrected chi connectivity index (χ1v) is 4.37. The average molecular weight is 291 g/mol. The molecule has 0 fully saturated rings. The molecule has 40 valence electrons. The molecule has 0 radical (unpaired) electrons. The van der Waals surface area contributed by atoms with Gasteiger partial charge in [0.05, 0.1) is 0 Å². The van der Waals surface area contributed by atoms with Crippen LogP contribution in [0.3, 0.4) is 0 Å². The largest absolute Gasteiger partial charge is 0.323 e. The summed E-state index contributed by atoms with van der Waals surface area (Å²) >= 11 is 9.85. The Morgan fingerprint density at radius 3 is 2.00 bits per heavy atom. The fraction of sp³-hybridized carbons (Fsp3) is 0.333. The van der Waals surface area contributed by atoms with Gasteiger partial charge < -0.3 is 0 Å². The maximum Gasteiger partial charge on any atom is 0.323 e. The van der Waals surface area contributed by atoms with Gasteiger partial charge in [-0.05, 0) is 11.4 Å². The van der Waals surface area contributed by atoms with Gasteiger partial charge in [-0.15, -0.1) is 31.5 Å². The Balaban J connectivity index is 3.45. The van der Waals surface area contributed by atoms with E-state index in [1.807, 2.05) is 12.9 Å². The Bertz CT molecular complexity index is 74.2. The van der Waals surface area contributed by atoms with Crippen LogP contribution in [0.1, 0.15) is 6.92 Å². The van der Waals surface area contributed by atoms with Crippen LogP contribution in [0.25, 0.3) is 0 Å². The van der Waals surface area contributed by atoms with Crippen molar-refractivity contribution in [2.24, 2.45) is 0 Å². The van der Waals surface area contributed by atoms with Crippen molar-refractivity contribution in [1.29, 1.82) is 0 Å². The van der Waals surface area contributed by atoms with Gasteiger partial charge in [-0.1, -0.05) is 21.9 Å². The van der Waals surface area contributed by atoms with Gasteiger partial charge in [0.1, 0.15) is 0 Å². The van der Waals surface area contributed by atoms with Gasteiger partial charge in [-0.25, -0.2) is 0 Å². The van der Waals surface area contributed by atoms with Crippen molar-refractivity contribution in [3.8, 4) is 0 Å². The van der Waals surface area contributed by atoms with Crippen LogP contribution in [0.4, 0.5) is 0 Å². The zero-order valence-corrected chi connectivity index (χ0v) is 8.55. The molecule has 0 amide bonds. The molecule has 0 N–H and O–H groups in total. The average Bonchev–Trinajstić information content (AvgIpc) is 1.27. The highest BCUT2D eigenvalue weighted by Gasteiger charge is 1.95. The molecule has 0 saturated carbocycles. The minimum absolute atomic E-state index is 0.291. The van der Waals surface area contributed by atoms with Gasteiger partial charge in [-0.3, -0.25) is 0 Å². The molecule has 0 aliphatic rings. The maximum absolute atomic E-state index is 3.29. The second-order valence-corrected chi connectivity index (χ2v) is 5.54. The summed E-state index contributed by atoms with van der Waals surface area (Å²) in [5.41, 5.74) is 0. The van der Waals surface area contributed by atoms with E-state index in [-0.39, 0.29) is 0 Å². The van der Waals surface area contributed by atoms with Crippen LogP contribution < -0.4 is 0 Å². The third-order valence-electron chi connectivity index (χ3n) is 0.356. The van der Waals surface area contributed by atoms with Gasteiger partial charge in [0.15, 0.2) is 0 Å². The number of halogens is 3. The smallest absolute Gasteiger partial charge is 0.133 e. The molecule has 0 atom stereocenters. The number of allylic oxidation sites excluding steroid dienone is 1. The van der Waals surface area contributed by atoms with Crippen LogP contribution in [0, 0.1) is 0 Å². The fourth-order valence-corrected chi connectivity index (χ4v) is 1.94. The molecule has 4 heteroatoms. The molecule has 0 aromatic rings. The van der Waals surface area contributed by atoms with E-state index < -0.39 is 0 Å². The highest BCUT2D eigenvalue weighted by Crippen LogP contribution is 2.10. The lowest BCUT2D eigenvalue weighted by Gasteiger charge is -1.83. The van der Waals surface area contributed by atoms with Crippen LogP contribution in [-0.4, -0.2) is 4.36 Å². The Labute approximate surface area is 68.9 Å². The quantitative estimate of drug-likeness (QED) is 0.651. The van der Waals surface area contributed by atoms with Crippen molar-refractivity contribution >= 4 is 51.8 Å². The van der Waals surface area contributed by atoms with E-state index in [2.05, 4.69) is 47.4 Å². The summed E-state index contributed by atoms with van der Waals surface area (Å²) in [7, 11) is 0. The molecule has 7 heavy (non-hydrogen) atoms. The molecular weight excluding hydrogens is 287 g/mol. The number of rotatable bonds is 1. The summed E-state index contributed by atoms with van der Waals surface area (Å²) in [6.07, 6.45) is 0. The zero-order valence-electron chi connectivity index (χ0n) is 3.79. The van der Waals surface area contributed by atoms with Crippen molar-refractivity contribution in [1.82, 2.24) is 0 Å². The molecule has 0 rings (SSSR count). The minimum Gasteiger partial charge on any atom is -0.133 e. The zero-order chi connectivity index (χ0) is 5.86. The molecule has 0 spiro atoms. The van der Waals surface area contributed by atoms with Crippen molar-refractivity contribution < 1.29 is 0 Å². The summed E-state index contributed by atoms with van der Waals surface area (Å²) in [6.45, 7) is 1.98. The van der Waals surface area contributed by atoms with E-state index in [4.69, 9.17) is 0 Å². The molecule has 0 aromatic carbocycles. The first-order valence-electron chi connectivity index (χ1n) is 1.75. The summed E-state index contributed by atoms with van der Waals surface area (Å²) in [4.78, 5) is 0. The molecule has 0 nitrogen and oxygen atoms in total. The Morgan fingerprint density at radius 1 is 1.57 bits per heavy atom. The standard InChI is InChI=1S/C3H4BBr3/c1-3(5)2-4(6)7/h2H,1H3. The van der Waals surface area contributed by atoms with Crippen LogP contribution in [0.2, 0.25) is 0 Å². The van der Waals surface area contributed by atoms with Crippen LogP contribution in [-0.2, 0) is 0 Å². The monoisotopic (exact) mass is 288 g/mol. The third kappa shape index (κ3) is 7.24. The van der Waals surface area contributed by atoms with Gasteiger partial charge >= 0.3 is 4.36 Å². The summed E-state index contributed by atoms with van der Waals surface area (Å²) < 4.78 is 1.42.